The van der Waals surface area contributed by atoms with Gasteiger partial charge in [0.1, 0.15) is 6.61 Å². The Morgan fingerprint density at radius 2 is 2.11 bits per heavy atom. The van der Waals surface area contributed by atoms with Gasteiger partial charge in [0, 0.05) is 12.0 Å². The molecular weight excluding hydrogens is 234 g/mol. The molecule has 0 atom stereocenters. The van der Waals surface area contributed by atoms with Crippen molar-refractivity contribution in [2.75, 3.05) is 6.61 Å². The van der Waals surface area contributed by atoms with E-state index in [2.05, 4.69) is 0 Å². The molecule has 1 fully saturated rings. The van der Waals surface area contributed by atoms with E-state index in [1.54, 1.807) is 13.8 Å². The summed E-state index contributed by atoms with van der Waals surface area (Å²) in [5.41, 5.74) is 1.42. The molecule has 0 aromatic heterocycles. The van der Waals surface area contributed by atoms with Crippen molar-refractivity contribution in [3.63, 3.8) is 0 Å². The number of nitrogens with zero attached hydrogens (tertiary/aromatic N) is 1. The lowest BCUT2D eigenvalue weighted by Gasteiger charge is -2.09. The molecule has 96 valence electrons. The highest BCUT2D eigenvalue weighted by Crippen LogP contribution is 2.33. The van der Waals surface area contributed by atoms with E-state index in [4.69, 9.17) is 4.74 Å². The predicted octanol–water partition coefficient (Wildman–Crippen LogP) is 2.57. The fraction of sp³-hybridized carbons (Fsp3) is 0.462. The van der Waals surface area contributed by atoms with Crippen LogP contribution in [0.1, 0.15) is 24.0 Å². The maximum Gasteiger partial charge on any atom is 0.311 e. The highest BCUT2D eigenvalue weighted by atomic mass is 16.6. The molecule has 0 radical (unpaired) electrons. The van der Waals surface area contributed by atoms with Crippen molar-refractivity contribution in [2.45, 2.75) is 26.7 Å². The van der Waals surface area contributed by atoms with Crippen molar-refractivity contribution in [3.8, 4) is 5.75 Å². The molecule has 0 amide bonds. The number of carbonyl (C=O) groups is 1. The zero-order valence-corrected chi connectivity index (χ0v) is 10.4. The Balaban J connectivity index is 2.19. The fourth-order valence-electron chi connectivity index (χ4n) is 1.92. The van der Waals surface area contributed by atoms with Gasteiger partial charge in [-0.05, 0) is 37.8 Å². The van der Waals surface area contributed by atoms with E-state index in [0.717, 1.165) is 18.4 Å². The summed E-state index contributed by atoms with van der Waals surface area (Å²) in [6, 6.07) is 3.27. The molecule has 0 saturated heterocycles. The summed E-state index contributed by atoms with van der Waals surface area (Å²) >= 11 is 0. The standard InChI is InChI=1S/C13H15NO4/c1-8-5-9(2)13(11(6-8)14(16)17)18-7-12(15)10-3-4-10/h5-6,10H,3-4,7H2,1-2H3. The normalized spacial score (nSPS) is 14.3. The summed E-state index contributed by atoms with van der Waals surface area (Å²) in [7, 11) is 0. The molecule has 0 unspecified atom stereocenters. The number of nitro groups is 1. The van der Waals surface area contributed by atoms with Gasteiger partial charge in [0.05, 0.1) is 4.92 Å². The van der Waals surface area contributed by atoms with Crippen LogP contribution < -0.4 is 4.74 Å². The van der Waals surface area contributed by atoms with Gasteiger partial charge in [-0.15, -0.1) is 0 Å². The van der Waals surface area contributed by atoms with E-state index in [9.17, 15) is 14.9 Å². The Labute approximate surface area is 105 Å². The highest BCUT2D eigenvalue weighted by Gasteiger charge is 2.30. The fourth-order valence-corrected chi connectivity index (χ4v) is 1.92. The van der Waals surface area contributed by atoms with Crippen LogP contribution in [-0.4, -0.2) is 17.3 Å². The van der Waals surface area contributed by atoms with Crippen molar-refractivity contribution >= 4 is 11.5 Å². The summed E-state index contributed by atoms with van der Waals surface area (Å²) in [6.45, 7) is 3.46. The quantitative estimate of drug-likeness (QED) is 0.594. The minimum atomic E-state index is -0.475. The number of benzene rings is 1. The number of ketones is 1. The van der Waals surface area contributed by atoms with Crippen molar-refractivity contribution in [1.82, 2.24) is 0 Å². The first kappa shape index (κ1) is 12.5. The number of ether oxygens (including phenoxy) is 1. The Bertz CT molecular complexity index is 506. The number of rotatable bonds is 5. The number of nitro benzene ring substituents is 1. The molecule has 0 spiro atoms. The number of aryl methyl sites for hydroxylation is 2. The van der Waals surface area contributed by atoms with Crippen LogP contribution in [0.2, 0.25) is 0 Å². The van der Waals surface area contributed by atoms with Gasteiger partial charge < -0.3 is 4.74 Å². The predicted molar refractivity (Wildman–Crippen MR) is 65.8 cm³/mol. The van der Waals surface area contributed by atoms with Crippen molar-refractivity contribution < 1.29 is 14.5 Å². The van der Waals surface area contributed by atoms with Crippen molar-refractivity contribution in [2.24, 2.45) is 5.92 Å². The zero-order valence-electron chi connectivity index (χ0n) is 10.4. The van der Waals surface area contributed by atoms with Crippen LogP contribution in [-0.2, 0) is 4.79 Å². The molecule has 5 nitrogen and oxygen atoms in total. The van der Waals surface area contributed by atoms with E-state index in [0.29, 0.717) is 5.56 Å². The minimum Gasteiger partial charge on any atom is -0.479 e. The highest BCUT2D eigenvalue weighted by molar-refractivity contribution is 5.84. The molecule has 18 heavy (non-hydrogen) atoms. The molecule has 5 heteroatoms. The Morgan fingerprint density at radius 3 is 2.67 bits per heavy atom. The summed E-state index contributed by atoms with van der Waals surface area (Å²) in [6.07, 6.45) is 1.83. The molecule has 1 aromatic carbocycles. The molecule has 0 heterocycles. The molecular formula is C13H15NO4. The number of hydrogen-bond acceptors (Lipinski definition) is 4. The maximum atomic E-state index is 11.5. The lowest BCUT2D eigenvalue weighted by atomic mass is 10.1. The Hall–Kier alpha value is -1.91. The van der Waals surface area contributed by atoms with Gasteiger partial charge in [-0.2, -0.15) is 0 Å². The average Bonchev–Trinajstić information content (AvgIpc) is 3.10. The lowest BCUT2D eigenvalue weighted by molar-refractivity contribution is -0.385. The first-order valence-electron chi connectivity index (χ1n) is 5.90. The van der Waals surface area contributed by atoms with Gasteiger partial charge in [0.25, 0.3) is 0 Å². The first-order chi connectivity index (χ1) is 8.49. The molecule has 2 rings (SSSR count). The van der Waals surface area contributed by atoms with Gasteiger partial charge >= 0.3 is 5.69 Å². The van der Waals surface area contributed by atoms with Crippen LogP contribution in [0.3, 0.4) is 0 Å². The van der Waals surface area contributed by atoms with Crippen LogP contribution >= 0.6 is 0 Å². The van der Waals surface area contributed by atoms with Crippen molar-refractivity contribution in [1.29, 1.82) is 0 Å². The van der Waals surface area contributed by atoms with E-state index >= 15 is 0 Å². The van der Waals surface area contributed by atoms with Gasteiger partial charge in [-0.1, -0.05) is 6.07 Å². The zero-order chi connectivity index (χ0) is 13.3. The van der Waals surface area contributed by atoms with E-state index in [1.807, 2.05) is 6.07 Å². The van der Waals surface area contributed by atoms with E-state index in [1.165, 1.54) is 6.07 Å². The molecule has 1 saturated carbocycles. The van der Waals surface area contributed by atoms with Gasteiger partial charge in [0.15, 0.2) is 5.78 Å². The van der Waals surface area contributed by atoms with Crippen LogP contribution in [0.4, 0.5) is 5.69 Å². The first-order valence-corrected chi connectivity index (χ1v) is 5.90. The summed E-state index contributed by atoms with van der Waals surface area (Å²) in [4.78, 5) is 22.0. The smallest absolute Gasteiger partial charge is 0.311 e. The van der Waals surface area contributed by atoms with Crippen LogP contribution in [0.15, 0.2) is 12.1 Å². The van der Waals surface area contributed by atoms with Crippen LogP contribution in [0.25, 0.3) is 0 Å². The molecule has 0 N–H and O–H groups in total. The number of hydrogen-bond donors (Lipinski definition) is 0. The van der Waals surface area contributed by atoms with Gasteiger partial charge in [0.2, 0.25) is 5.75 Å². The number of Topliss-reactive ketones (excluding diaryl/α,β-unsaturated/α-hetero) is 1. The topological polar surface area (TPSA) is 69.4 Å². The molecule has 1 aromatic rings. The third kappa shape index (κ3) is 2.67. The van der Waals surface area contributed by atoms with E-state index < -0.39 is 4.92 Å². The molecule has 1 aliphatic carbocycles. The number of carbonyl (C=O) groups excluding carboxylic acids is 1. The van der Waals surface area contributed by atoms with Gasteiger partial charge in [-0.25, -0.2) is 0 Å². The Kier molecular flexibility index (Phi) is 3.32. The second-order valence-corrected chi connectivity index (χ2v) is 4.72. The minimum absolute atomic E-state index is 0.0317. The van der Waals surface area contributed by atoms with E-state index in [-0.39, 0.29) is 29.7 Å². The average molecular weight is 249 g/mol. The van der Waals surface area contributed by atoms with Crippen LogP contribution in [0, 0.1) is 29.9 Å². The monoisotopic (exact) mass is 249 g/mol. The molecule has 1 aliphatic rings. The summed E-state index contributed by atoms with van der Waals surface area (Å²) in [5, 5.41) is 11.0. The Morgan fingerprint density at radius 1 is 1.44 bits per heavy atom. The van der Waals surface area contributed by atoms with Gasteiger partial charge in [-0.3, -0.25) is 14.9 Å². The second kappa shape index (κ2) is 4.76. The third-order valence-corrected chi connectivity index (χ3v) is 2.99. The molecule has 0 bridgehead atoms. The lowest BCUT2D eigenvalue weighted by Crippen LogP contribution is -2.14. The van der Waals surface area contributed by atoms with Crippen LogP contribution in [0.5, 0.6) is 5.75 Å². The maximum absolute atomic E-state index is 11.5. The summed E-state index contributed by atoms with van der Waals surface area (Å²) < 4.78 is 5.36. The largest absolute Gasteiger partial charge is 0.479 e. The second-order valence-electron chi connectivity index (χ2n) is 4.72. The SMILES string of the molecule is Cc1cc(C)c(OCC(=O)C2CC2)c([N+](=O)[O-])c1. The van der Waals surface area contributed by atoms with Crippen molar-refractivity contribution in [3.05, 3.63) is 33.4 Å². The summed E-state index contributed by atoms with van der Waals surface area (Å²) in [5.74, 6) is 0.346. The third-order valence-electron chi connectivity index (χ3n) is 2.99. The molecule has 0 aliphatic heterocycles.